The van der Waals surface area contributed by atoms with Crippen LogP contribution in [0.1, 0.15) is 27.0 Å². The van der Waals surface area contributed by atoms with E-state index in [4.69, 9.17) is 9.84 Å². The number of aromatic nitrogens is 2. The Balaban J connectivity index is 1.35. The molecule has 1 aromatic heterocycles. The Morgan fingerprint density at radius 1 is 1.20 bits per heavy atom. The molecule has 2 heterocycles. The molecule has 8 heteroatoms. The van der Waals surface area contributed by atoms with E-state index in [0.29, 0.717) is 41.5 Å². The Bertz CT molecular complexity index is 1450. The number of nitriles is 1. The van der Waals surface area contributed by atoms with Gasteiger partial charge in [0.2, 0.25) is 0 Å². The Hall–Kier alpha value is -4.09. The highest BCUT2D eigenvalue weighted by molar-refractivity contribution is 9.10. The monoisotopic (exact) mass is 527 g/mol. The summed E-state index contributed by atoms with van der Waals surface area (Å²) in [4.78, 5) is 12.6. The number of anilines is 2. The summed E-state index contributed by atoms with van der Waals surface area (Å²) in [5, 5.41) is 21.0. The first-order valence-electron chi connectivity index (χ1n) is 11.1. The number of nitrogens with zero attached hydrogens (tertiary/aromatic N) is 3. The van der Waals surface area contributed by atoms with Crippen molar-refractivity contribution in [3.63, 3.8) is 0 Å². The number of nitrogens with one attached hydrogen (secondary N) is 2. The van der Waals surface area contributed by atoms with Crippen LogP contribution < -0.4 is 15.4 Å². The molecule has 0 aliphatic carbocycles. The molecule has 1 aliphatic heterocycles. The first-order valence-corrected chi connectivity index (χ1v) is 11.9. The van der Waals surface area contributed by atoms with Crippen molar-refractivity contribution >= 4 is 33.3 Å². The predicted octanol–water partition coefficient (Wildman–Crippen LogP) is 5.42. The first-order chi connectivity index (χ1) is 17.1. The summed E-state index contributed by atoms with van der Waals surface area (Å²) in [6.07, 6.45) is 0.811. The standard InChI is InChI=1S/C27H22BrN5O2/c1-35-24-5-3-2-4-21(24)27(34)30-16-17-6-8-18(9-7-17)25-22(15-29)26-31-23-11-10-20(28)14-19(23)12-13-33(26)32-25/h2-11,14,31H,12-13,16H2,1H3,(H,30,34). The number of carbonyl (C=O) groups is 1. The van der Waals surface area contributed by atoms with Crippen LogP contribution in [0, 0.1) is 11.3 Å². The van der Waals surface area contributed by atoms with Crippen molar-refractivity contribution in [2.75, 3.05) is 12.4 Å². The van der Waals surface area contributed by atoms with Crippen molar-refractivity contribution in [2.45, 2.75) is 19.5 Å². The number of carbonyl (C=O) groups excluding carboxylic acids is 1. The zero-order valence-electron chi connectivity index (χ0n) is 19.0. The van der Waals surface area contributed by atoms with Gasteiger partial charge in [-0.25, -0.2) is 4.68 Å². The summed E-state index contributed by atoms with van der Waals surface area (Å²) in [6, 6.07) is 23.3. The Labute approximate surface area is 211 Å². The fourth-order valence-electron chi connectivity index (χ4n) is 4.19. The van der Waals surface area contributed by atoms with Gasteiger partial charge in [0.15, 0.2) is 0 Å². The smallest absolute Gasteiger partial charge is 0.255 e. The topological polar surface area (TPSA) is 92.0 Å². The van der Waals surface area contributed by atoms with Gasteiger partial charge >= 0.3 is 0 Å². The summed E-state index contributed by atoms with van der Waals surface area (Å²) < 4.78 is 8.16. The van der Waals surface area contributed by atoms with Gasteiger partial charge < -0.3 is 15.4 Å². The number of methoxy groups -OCH3 is 1. The maximum Gasteiger partial charge on any atom is 0.255 e. The molecule has 0 saturated heterocycles. The maximum atomic E-state index is 12.6. The second-order valence-corrected chi connectivity index (χ2v) is 9.08. The van der Waals surface area contributed by atoms with Crippen LogP contribution in [0.4, 0.5) is 11.5 Å². The molecule has 0 radical (unpaired) electrons. The van der Waals surface area contributed by atoms with Crippen LogP contribution in [-0.2, 0) is 19.5 Å². The number of hydrogen-bond acceptors (Lipinski definition) is 5. The Morgan fingerprint density at radius 2 is 2.00 bits per heavy atom. The van der Waals surface area contributed by atoms with Gasteiger partial charge in [-0.05, 0) is 47.9 Å². The third-order valence-corrected chi connectivity index (χ3v) is 6.50. The molecule has 174 valence electrons. The molecular weight excluding hydrogens is 506 g/mol. The van der Waals surface area contributed by atoms with E-state index in [9.17, 15) is 10.1 Å². The molecule has 5 rings (SSSR count). The molecule has 0 spiro atoms. The van der Waals surface area contributed by atoms with Gasteiger partial charge in [0, 0.05) is 28.8 Å². The van der Waals surface area contributed by atoms with Crippen molar-refractivity contribution in [3.8, 4) is 23.1 Å². The van der Waals surface area contributed by atoms with Crippen LogP contribution in [0.25, 0.3) is 11.3 Å². The number of halogens is 1. The fourth-order valence-corrected chi connectivity index (χ4v) is 4.60. The number of para-hydroxylation sites is 1. The van der Waals surface area contributed by atoms with E-state index in [0.717, 1.165) is 27.7 Å². The second kappa shape index (κ2) is 9.65. The summed E-state index contributed by atoms with van der Waals surface area (Å²) in [5.41, 5.74) is 5.59. The molecule has 35 heavy (non-hydrogen) atoms. The summed E-state index contributed by atoms with van der Waals surface area (Å²) in [7, 11) is 1.54. The van der Waals surface area contributed by atoms with E-state index in [1.807, 2.05) is 47.1 Å². The number of amides is 1. The van der Waals surface area contributed by atoms with Crippen LogP contribution in [-0.4, -0.2) is 22.8 Å². The van der Waals surface area contributed by atoms with Gasteiger partial charge in [0.05, 0.1) is 12.7 Å². The minimum Gasteiger partial charge on any atom is -0.496 e. The fraction of sp³-hybridized carbons (Fsp3) is 0.148. The maximum absolute atomic E-state index is 12.6. The third kappa shape index (κ3) is 4.51. The average molecular weight is 528 g/mol. The zero-order valence-corrected chi connectivity index (χ0v) is 20.6. The normalized spacial score (nSPS) is 11.9. The third-order valence-electron chi connectivity index (χ3n) is 6.01. The van der Waals surface area contributed by atoms with Crippen molar-refractivity contribution in [3.05, 3.63) is 93.5 Å². The van der Waals surface area contributed by atoms with Crippen molar-refractivity contribution in [2.24, 2.45) is 0 Å². The highest BCUT2D eigenvalue weighted by atomic mass is 79.9. The molecule has 1 aliphatic rings. The SMILES string of the molecule is COc1ccccc1C(=O)NCc1ccc(-c2nn3c(c2C#N)Nc2ccc(Br)cc2CC3)cc1. The van der Waals surface area contributed by atoms with E-state index >= 15 is 0 Å². The van der Waals surface area contributed by atoms with E-state index < -0.39 is 0 Å². The van der Waals surface area contributed by atoms with Crippen molar-refractivity contribution in [1.29, 1.82) is 5.26 Å². The highest BCUT2D eigenvalue weighted by Crippen LogP contribution is 2.35. The lowest BCUT2D eigenvalue weighted by Crippen LogP contribution is -2.23. The second-order valence-electron chi connectivity index (χ2n) is 8.16. The molecule has 2 N–H and O–H groups in total. The van der Waals surface area contributed by atoms with Gasteiger partial charge in [-0.15, -0.1) is 0 Å². The van der Waals surface area contributed by atoms with Crippen LogP contribution >= 0.6 is 15.9 Å². The number of benzene rings is 3. The quantitative estimate of drug-likeness (QED) is 0.361. The summed E-state index contributed by atoms with van der Waals surface area (Å²) in [5.74, 6) is 1.04. The molecule has 0 fully saturated rings. The van der Waals surface area contributed by atoms with Gasteiger partial charge in [-0.2, -0.15) is 10.4 Å². The van der Waals surface area contributed by atoms with Crippen molar-refractivity contribution in [1.82, 2.24) is 15.1 Å². The average Bonchev–Trinajstić information content (AvgIpc) is 3.14. The molecule has 4 aromatic rings. The summed E-state index contributed by atoms with van der Waals surface area (Å²) in [6.45, 7) is 1.05. The van der Waals surface area contributed by atoms with E-state index in [1.165, 1.54) is 5.56 Å². The van der Waals surface area contributed by atoms with Crippen molar-refractivity contribution < 1.29 is 9.53 Å². The molecule has 0 saturated carbocycles. The summed E-state index contributed by atoms with van der Waals surface area (Å²) >= 11 is 3.52. The first kappa shape index (κ1) is 22.7. The number of ether oxygens (including phenoxy) is 1. The van der Waals surface area contributed by atoms with E-state index in [1.54, 1.807) is 25.3 Å². The zero-order chi connectivity index (χ0) is 24.4. The molecule has 0 atom stereocenters. The Morgan fingerprint density at radius 3 is 2.77 bits per heavy atom. The Kier molecular flexibility index (Phi) is 6.25. The molecule has 7 nitrogen and oxygen atoms in total. The molecular formula is C27H22BrN5O2. The lowest BCUT2D eigenvalue weighted by molar-refractivity contribution is 0.0948. The van der Waals surface area contributed by atoms with Gasteiger partial charge in [0.1, 0.15) is 28.9 Å². The number of aryl methyl sites for hydroxylation is 2. The molecule has 1 amide bonds. The lowest BCUT2D eigenvalue weighted by Gasteiger charge is -2.09. The van der Waals surface area contributed by atoms with Gasteiger partial charge in [0.25, 0.3) is 5.91 Å². The molecule has 3 aromatic carbocycles. The van der Waals surface area contributed by atoms with Crippen LogP contribution in [0.5, 0.6) is 5.75 Å². The van der Waals surface area contributed by atoms with Crippen LogP contribution in [0.15, 0.2) is 71.2 Å². The van der Waals surface area contributed by atoms with E-state index in [2.05, 4.69) is 38.7 Å². The minimum absolute atomic E-state index is 0.200. The van der Waals surface area contributed by atoms with Crippen LogP contribution in [0.2, 0.25) is 0 Å². The largest absolute Gasteiger partial charge is 0.496 e. The van der Waals surface area contributed by atoms with E-state index in [-0.39, 0.29) is 5.91 Å². The number of hydrogen-bond donors (Lipinski definition) is 2. The van der Waals surface area contributed by atoms with Gasteiger partial charge in [-0.3, -0.25) is 4.79 Å². The molecule has 0 bridgehead atoms. The minimum atomic E-state index is -0.200. The predicted molar refractivity (Wildman–Crippen MR) is 138 cm³/mol. The highest BCUT2D eigenvalue weighted by Gasteiger charge is 2.23. The number of rotatable bonds is 5. The lowest BCUT2D eigenvalue weighted by atomic mass is 10.1. The number of fused-ring (bicyclic) bond motifs is 2. The molecule has 0 unspecified atom stereocenters. The van der Waals surface area contributed by atoms with Crippen LogP contribution in [0.3, 0.4) is 0 Å². The van der Waals surface area contributed by atoms with Gasteiger partial charge in [-0.1, -0.05) is 52.3 Å².